The van der Waals surface area contributed by atoms with Gasteiger partial charge >= 0.3 is 0 Å². The molecule has 0 amide bonds. The first-order chi connectivity index (χ1) is 9.97. The lowest BCUT2D eigenvalue weighted by atomic mass is 9.78. The number of piperidine rings is 1. The molecule has 0 spiro atoms. The Bertz CT molecular complexity index is 460. The molecule has 21 heavy (non-hydrogen) atoms. The van der Waals surface area contributed by atoms with E-state index in [-0.39, 0.29) is 0 Å². The lowest BCUT2D eigenvalue weighted by molar-refractivity contribution is 0.237. The molecule has 0 atom stereocenters. The van der Waals surface area contributed by atoms with Crippen LogP contribution in [0.4, 0.5) is 5.82 Å². The lowest BCUT2D eigenvalue weighted by Crippen LogP contribution is -2.39. The van der Waals surface area contributed by atoms with Gasteiger partial charge in [-0.3, -0.25) is 0 Å². The van der Waals surface area contributed by atoms with E-state index in [4.69, 9.17) is 4.98 Å². The van der Waals surface area contributed by atoms with Crippen LogP contribution in [-0.2, 0) is 6.54 Å². The first-order valence-electron chi connectivity index (χ1n) is 8.38. The highest BCUT2D eigenvalue weighted by molar-refractivity contribution is 5.44. The molecule has 3 heteroatoms. The van der Waals surface area contributed by atoms with E-state index in [2.05, 4.69) is 50.0 Å². The highest BCUT2D eigenvalue weighted by Gasteiger charge is 2.29. The van der Waals surface area contributed by atoms with E-state index in [1.807, 2.05) is 7.05 Å². The van der Waals surface area contributed by atoms with Crippen LogP contribution in [0.5, 0.6) is 0 Å². The van der Waals surface area contributed by atoms with Crippen LogP contribution in [0.25, 0.3) is 0 Å². The number of hydrogen-bond acceptors (Lipinski definition) is 3. The summed E-state index contributed by atoms with van der Waals surface area (Å²) in [7, 11) is 2.00. The molecule has 1 aliphatic heterocycles. The number of pyridine rings is 1. The molecule has 0 bridgehead atoms. The van der Waals surface area contributed by atoms with Crippen molar-refractivity contribution >= 4 is 5.82 Å². The van der Waals surface area contributed by atoms with Crippen molar-refractivity contribution in [2.24, 2.45) is 5.41 Å². The number of rotatable bonds is 5. The molecular weight excluding hydrogens is 258 g/mol. The van der Waals surface area contributed by atoms with Crippen LogP contribution in [-0.4, -0.2) is 25.1 Å². The average Bonchev–Trinajstić information content (AvgIpc) is 2.48. The Morgan fingerprint density at radius 2 is 1.95 bits per heavy atom. The first-order valence-corrected chi connectivity index (χ1v) is 8.38. The standard InChI is InChI=1S/C18H31N3/c1-6-18(4)7-9-21(10-8-18)17-12-15(13-19-5)11-16(20-17)14(2)3/h11-12,14,19H,6-10,13H2,1-5H3. The summed E-state index contributed by atoms with van der Waals surface area (Å²) in [5.41, 5.74) is 3.08. The van der Waals surface area contributed by atoms with Gasteiger partial charge in [-0.15, -0.1) is 0 Å². The minimum atomic E-state index is 0.478. The van der Waals surface area contributed by atoms with Gasteiger partial charge in [0.1, 0.15) is 5.82 Å². The van der Waals surface area contributed by atoms with Crippen LogP contribution < -0.4 is 10.2 Å². The second-order valence-corrected chi connectivity index (χ2v) is 7.09. The van der Waals surface area contributed by atoms with Crippen molar-refractivity contribution < 1.29 is 0 Å². The summed E-state index contributed by atoms with van der Waals surface area (Å²) in [4.78, 5) is 7.39. The monoisotopic (exact) mass is 289 g/mol. The van der Waals surface area contributed by atoms with E-state index in [9.17, 15) is 0 Å². The van der Waals surface area contributed by atoms with Crippen molar-refractivity contribution in [3.8, 4) is 0 Å². The number of anilines is 1. The molecule has 0 radical (unpaired) electrons. The van der Waals surface area contributed by atoms with Gasteiger partial charge in [0.25, 0.3) is 0 Å². The molecule has 0 aliphatic carbocycles. The van der Waals surface area contributed by atoms with E-state index in [1.165, 1.54) is 36.3 Å². The molecule has 1 N–H and O–H groups in total. The van der Waals surface area contributed by atoms with Gasteiger partial charge in [-0.05, 0) is 48.9 Å². The number of nitrogens with zero attached hydrogens (tertiary/aromatic N) is 2. The van der Waals surface area contributed by atoms with Gasteiger partial charge < -0.3 is 10.2 Å². The minimum absolute atomic E-state index is 0.478. The molecule has 0 aromatic carbocycles. The molecule has 1 fully saturated rings. The Hall–Kier alpha value is -1.09. The number of hydrogen-bond donors (Lipinski definition) is 1. The van der Waals surface area contributed by atoms with E-state index in [0.717, 1.165) is 19.6 Å². The van der Waals surface area contributed by atoms with Gasteiger partial charge in [-0.1, -0.05) is 34.1 Å². The maximum Gasteiger partial charge on any atom is 0.129 e. The summed E-state index contributed by atoms with van der Waals surface area (Å²) in [5.74, 6) is 1.65. The molecular formula is C18H31N3. The third-order valence-corrected chi connectivity index (χ3v) is 5.01. The molecule has 0 unspecified atom stereocenters. The van der Waals surface area contributed by atoms with Gasteiger partial charge in [0.15, 0.2) is 0 Å². The molecule has 2 heterocycles. The van der Waals surface area contributed by atoms with Crippen LogP contribution in [0.3, 0.4) is 0 Å². The van der Waals surface area contributed by atoms with Crippen LogP contribution in [0.15, 0.2) is 12.1 Å². The van der Waals surface area contributed by atoms with Crippen LogP contribution >= 0.6 is 0 Å². The van der Waals surface area contributed by atoms with Crippen LogP contribution in [0.1, 0.15) is 64.1 Å². The van der Waals surface area contributed by atoms with Crippen molar-refractivity contribution in [2.45, 2.75) is 59.4 Å². The van der Waals surface area contributed by atoms with E-state index < -0.39 is 0 Å². The topological polar surface area (TPSA) is 28.2 Å². The normalized spacial score (nSPS) is 18.3. The summed E-state index contributed by atoms with van der Waals surface area (Å²) in [6, 6.07) is 4.50. The van der Waals surface area contributed by atoms with E-state index in [0.29, 0.717) is 11.3 Å². The van der Waals surface area contributed by atoms with Gasteiger partial charge in [-0.2, -0.15) is 0 Å². The lowest BCUT2D eigenvalue weighted by Gasteiger charge is -2.39. The quantitative estimate of drug-likeness (QED) is 0.890. The van der Waals surface area contributed by atoms with Crippen molar-refractivity contribution in [2.75, 3.05) is 25.0 Å². The van der Waals surface area contributed by atoms with Crippen LogP contribution in [0, 0.1) is 5.41 Å². The SMILES string of the molecule is CCC1(C)CCN(c2cc(CNC)cc(C(C)C)n2)CC1. The maximum absolute atomic E-state index is 4.91. The highest BCUT2D eigenvalue weighted by Crippen LogP contribution is 2.35. The molecule has 2 rings (SSSR count). The summed E-state index contributed by atoms with van der Waals surface area (Å²) >= 11 is 0. The zero-order valence-electron chi connectivity index (χ0n) is 14.4. The van der Waals surface area contributed by atoms with Crippen molar-refractivity contribution in [3.63, 3.8) is 0 Å². The predicted octanol–water partition coefficient (Wildman–Crippen LogP) is 3.94. The Labute approximate surface area is 130 Å². The largest absolute Gasteiger partial charge is 0.357 e. The molecule has 1 aromatic heterocycles. The highest BCUT2D eigenvalue weighted by atomic mass is 15.2. The first kappa shape index (κ1) is 16.3. The predicted molar refractivity (Wildman–Crippen MR) is 90.9 cm³/mol. The zero-order chi connectivity index (χ0) is 15.5. The fourth-order valence-electron chi connectivity index (χ4n) is 2.99. The van der Waals surface area contributed by atoms with Crippen molar-refractivity contribution in [3.05, 3.63) is 23.4 Å². The fourth-order valence-corrected chi connectivity index (χ4v) is 2.99. The second kappa shape index (κ2) is 6.78. The molecule has 1 aliphatic rings. The smallest absolute Gasteiger partial charge is 0.129 e. The molecule has 118 valence electrons. The molecule has 0 saturated carbocycles. The zero-order valence-corrected chi connectivity index (χ0v) is 14.4. The summed E-state index contributed by atoms with van der Waals surface area (Å²) in [5, 5.41) is 3.26. The summed E-state index contributed by atoms with van der Waals surface area (Å²) in [6.45, 7) is 12.4. The Balaban J connectivity index is 2.19. The van der Waals surface area contributed by atoms with Gasteiger partial charge in [-0.25, -0.2) is 4.98 Å². The van der Waals surface area contributed by atoms with E-state index >= 15 is 0 Å². The van der Waals surface area contributed by atoms with Gasteiger partial charge in [0, 0.05) is 25.3 Å². The Morgan fingerprint density at radius 3 is 2.48 bits per heavy atom. The molecule has 1 aromatic rings. The van der Waals surface area contributed by atoms with Crippen LogP contribution in [0.2, 0.25) is 0 Å². The molecule has 1 saturated heterocycles. The maximum atomic E-state index is 4.91. The Kier molecular flexibility index (Phi) is 5.26. The molecule has 3 nitrogen and oxygen atoms in total. The number of nitrogens with one attached hydrogen (secondary N) is 1. The summed E-state index contributed by atoms with van der Waals surface area (Å²) in [6.07, 6.45) is 3.84. The third-order valence-electron chi connectivity index (χ3n) is 5.01. The van der Waals surface area contributed by atoms with Crippen molar-refractivity contribution in [1.82, 2.24) is 10.3 Å². The van der Waals surface area contributed by atoms with E-state index in [1.54, 1.807) is 0 Å². The minimum Gasteiger partial charge on any atom is -0.357 e. The third kappa shape index (κ3) is 3.97. The average molecular weight is 289 g/mol. The summed E-state index contributed by atoms with van der Waals surface area (Å²) < 4.78 is 0. The Morgan fingerprint density at radius 1 is 1.29 bits per heavy atom. The van der Waals surface area contributed by atoms with Gasteiger partial charge in [0.2, 0.25) is 0 Å². The van der Waals surface area contributed by atoms with Crippen molar-refractivity contribution in [1.29, 1.82) is 0 Å². The number of aromatic nitrogens is 1. The van der Waals surface area contributed by atoms with Gasteiger partial charge in [0.05, 0.1) is 0 Å². The second-order valence-electron chi connectivity index (χ2n) is 7.09. The fraction of sp³-hybridized carbons (Fsp3) is 0.722.